The van der Waals surface area contributed by atoms with Crippen LogP contribution in [0.3, 0.4) is 0 Å². The number of hydrogen-bond donors (Lipinski definition) is 2. The van der Waals surface area contributed by atoms with Crippen molar-refractivity contribution in [3.05, 3.63) is 29.3 Å². The molecule has 2 rings (SSSR count). The number of aromatic hydroxyl groups is 1. The zero-order chi connectivity index (χ0) is 11.6. The van der Waals surface area contributed by atoms with Crippen molar-refractivity contribution in [3.8, 4) is 5.75 Å². The molecule has 0 aliphatic heterocycles. The van der Waals surface area contributed by atoms with Crippen molar-refractivity contribution in [3.63, 3.8) is 0 Å². The van der Waals surface area contributed by atoms with Gasteiger partial charge in [-0.2, -0.15) is 0 Å². The molecule has 0 bridgehead atoms. The van der Waals surface area contributed by atoms with E-state index in [1.807, 2.05) is 12.1 Å². The van der Waals surface area contributed by atoms with Crippen LogP contribution in [0.5, 0.6) is 5.75 Å². The minimum atomic E-state index is 0. The second-order valence-corrected chi connectivity index (χ2v) is 5.40. The second-order valence-electron chi connectivity index (χ2n) is 5.40. The second kappa shape index (κ2) is 5.74. The van der Waals surface area contributed by atoms with Crippen molar-refractivity contribution in [2.24, 2.45) is 5.41 Å². The number of nitrogens with one attached hydrogen (secondary N) is 1. The molecule has 1 aromatic carbocycles. The Kier molecular flexibility index (Phi) is 4.84. The molecule has 0 saturated heterocycles. The van der Waals surface area contributed by atoms with Crippen molar-refractivity contribution in [1.29, 1.82) is 0 Å². The Bertz CT molecular complexity index is 374. The predicted molar refractivity (Wildman–Crippen MR) is 73.8 cm³/mol. The summed E-state index contributed by atoms with van der Waals surface area (Å²) in [6, 6.07) is 5.76. The van der Waals surface area contributed by atoms with Crippen molar-refractivity contribution in [2.45, 2.75) is 39.7 Å². The molecule has 0 amide bonds. The molecule has 2 N–H and O–H groups in total. The average Bonchev–Trinajstić information content (AvgIpc) is 2.21. The topological polar surface area (TPSA) is 32.3 Å². The molecule has 0 unspecified atom stereocenters. The van der Waals surface area contributed by atoms with E-state index in [9.17, 15) is 5.11 Å². The van der Waals surface area contributed by atoms with E-state index in [1.54, 1.807) is 6.07 Å². The summed E-state index contributed by atoms with van der Waals surface area (Å²) in [5, 5.41) is 13.1. The van der Waals surface area contributed by atoms with E-state index < -0.39 is 0 Å². The third-order valence-electron chi connectivity index (χ3n) is 3.66. The van der Waals surface area contributed by atoms with Gasteiger partial charge in [0.2, 0.25) is 0 Å². The minimum absolute atomic E-state index is 0. The highest BCUT2D eigenvalue weighted by Crippen LogP contribution is 2.39. The Balaban J connectivity index is 0.00000144. The third-order valence-corrected chi connectivity index (χ3v) is 3.66. The van der Waals surface area contributed by atoms with Crippen LogP contribution in [0.2, 0.25) is 0 Å². The molecule has 17 heavy (non-hydrogen) atoms. The number of rotatable bonds is 4. The standard InChI is InChI=1S/C14H21NO.ClH/c1-11-4-5-13(16)12(8-11)9-15-10-14(2)6-3-7-14;/h4-5,8,15-16H,3,6-7,9-10H2,1-2H3;1H. The molecule has 96 valence electrons. The van der Waals surface area contributed by atoms with E-state index in [4.69, 9.17) is 0 Å². The molecule has 0 atom stereocenters. The zero-order valence-corrected chi connectivity index (χ0v) is 11.4. The molecule has 1 aliphatic rings. The minimum Gasteiger partial charge on any atom is -0.508 e. The van der Waals surface area contributed by atoms with Crippen LogP contribution < -0.4 is 5.32 Å². The monoisotopic (exact) mass is 255 g/mol. The first-order valence-electron chi connectivity index (χ1n) is 6.08. The van der Waals surface area contributed by atoms with Gasteiger partial charge in [-0.25, -0.2) is 0 Å². The Hall–Kier alpha value is -0.730. The van der Waals surface area contributed by atoms with E-state index in [-0.39, 0.29) is 12.4 Å². The summed E-state index contributed by atoms with van der Waals surface area (Å²) in [5.41, 5.74) is 2.70. The van der Waals surface area contributed by atoms with Crippen molar-refractivity contribution in [1.82, 2.24) is 5.32 Å². The van der Waals surface area contributed by atoms with Crippen LogP contribution in [-0.4, -0.2) is 11.7 Å². The summed E-state index contributed by atoms with van der Waals surface area (Å²) in [6.45, 7) is 6.21. The summed E-state index contributed by atoms with van der Waals surface area (Å²) in [4.78, 5) is 0. The molecule has 0 heterocycles. The van der Waals surface area contributed by atoms with E-state index in [0.717, 1.165) is 18.7 Å². The highest BCUT2D eigenvalue weighted by Gasteiger charge is 2.30. The maximum Gasteiger partial charge on any atom is 0.120 e. The van der Waals surface area contributed by atoms with Crippen LogP contribution in [0.25, 0.3) is 0 Å². The van der Waals surface area contributed by atoms with Crippen LogP contribution in [0.4, 0.5) is 0 Å². The van der Waals surface area contributed by atoms with Gasteiger partial charge in [-0.05, 0) is 31.2 Å². The molecule has 0 radical (unpaired) electrons. The van der Waals surface area contributed by atoms with Crippen LogP contribution in [-0.2, 0) is 6.54 Å². The van der Waals surface area contributed by atoms with Gasteiger partial charge >= 0.3 is 0 Å². The Morgan fingerprint density at radius 3 is 2.65 bits per heavy atom. The Labute approximate surface area is 110 Å². The lowest BCUT2D eigenvalue weighted by Gasteiger charge is -2.38. The van der Waals surface area contributed by atoms with Crippen LogP contribution in [0.1, 0.15) is 37.3 Å². The molecular weight excluding hydrogens is 234 g/mol. The molecular formula is C14H22ClNO. The third kappa shape index (κ3) is 3.62. The lowest BCUT2D eigenvalue weighted by atomic mass is 9.70. The van der Waals surface area contributed by atoms with Crippen molar-refractivity contribution >= 4 is 12.4 Å². The molecule has 0 spiro atoms. The molecule has 1 aromatic rings. The maximum absolute atomic E-state index is 9.70. The Morgan fingerprint density at radius 2 is 2.06 bits per heavy atom. The van der Waals surface area contributed by atoms with Crippen LogP contribution in [0.15, 0.2) is 18.2 Å². The summed E-state index contributed by atoms with van der Waals surface area (Å²) in [7, 11) is 0. The van der Waals surface area contributed by atoms with Gasteiger partial charge in [-0.3, -0.25) is 0 Å². The van der Waals surface area contributed by atoms with E-state index >= 15 is 0 Å². The molecule has 3 heteroatoms. The number of hydrogen-bond acceptors (Lipinski definition) is 2. The molecule has 1 saturated carbocycles. The average molecular weight is 256 g/mol. The van der Waals surface area contributed by atoms with E-state index in [1.165, 1.54) is 24.8 Å². The number of benzene rings is 1. The molecule has 1 fully saturated rings. The largest absolute Gasteiger partial charge is 0.508 e. The summed E-state index contributed by atoms with van der Waals surface area (Å²) >= 11 is 0. The smallest absolute Gasteiger partial charge is 0.120 e. The fraction of sp³-hybridized carbons (Fsp3) is 0.571. The molecule has 0 aromatic heterocycles. The fourth-order valence-electron chi connectivity index (χ4n) is 2.31. The SMILES string of the molecule is Cc1ccc(O)c(CNCC2(C)CCC2)c1.Cl. The summed E-state index contributed by atoms with van der Waals surface area (Å²) in [6.07, 6.45) is 4.04. The highest BCUT2D eigenvalue weighted by molar-refractivity contribution is 5.85. The van der Waals surface area contributed by atoms with Gasteiger partial charge in [0.05, 0.1) is 0 Å². The van der Waals surface area contributed by atoms with Gasteiger partial charge in [0, 0.05) is 18.7 Å². The predicted octanol–water partition coefficient (Wildman–Crippen LogP) is 3.40. The van der Waals surface area contributed by atoms with Crippen LogP contribution in [0, 0.1) is 12.3 Å². The lowest BCUT2D eigenvalue weighted by Crippen LogP contribution is -2.36. The zero-order valence-electron chi connectivity index (χ0n) is 10.6. The van der Waals surface area contributed by atoms with E-state index in [0.29, 0.717) is 11.2 Å². The van der Waals surface area contributed by atoms with Gasteiger partial charge < -0.3 is 10.4 Å². The normalized spacial score (nSPS) is 17.1. The number of phenolic OH excluding ortho intramolecular Hbond substituents is 1. The first kappa shape index (κ1) is 14.3. The number of phenols is 1. The van der Waals surface area contributed by atoms with Gasteiger partial charge in [0.1, 0.15) is 5.75 Å². The first-order chi connectivity index (χ1) is 7.59. The lowest BCUT2D eigenvalue weighted by molar-refractivity contribution is 0.156. The fourth-order valence-corrected chi connectivity index (χ4v) is 2.31. The number of aryl methyl sites for hydroxylation is 1. The molecule has 2 nitrogen and oxygen atoms in total. The molecule has 1 aliphatic carbocycles. The number of halogens is 1. The van der Waals surface area contributed by atoms with Crippen molar-refractivity contribution < 1.29 is 5.11 Å². The van der Waals surface area contributed by atoms with Crippen LogP contribution >= 0.6 is 12.4 Å². The van der Waals surface area contributed by atoms with Gasteiger partial charge in [-0.1, -0.05) is 31.0 Å². The maximum atomic E-state index is 9.70. The van der Waals surface area contributed by atoms with Crippen molar-refractivity contribution in [2.75, 3.05) is 6.54 Å². The van der Waals surface area contributed by atoms with Gasteiger partial charge in [0.15, 0.2) is 0 Å². The summed E-state index contributed by atoms with van der Waals surface area (Å²) < 4.78 is 0. The summed E-state index contributed by atoms with van der Waals surface area (Å²) in [5.74, 6) is 0.400. The van der Waals surface area contributed by atoms with Gasteiger partial charge in [-0.15, -0.1) is 12.4 Å². The van der Waals surface area contributed by atoms with Gasteiger partial charge in [0.25, 0.3) is 0 Å². The highest BCUT2D eigenvalue weighted by atomic mass is 35.5. The van der Waals surface area contributed by atoms with E-state index in [2.05, 4.69) is 19.2 Å². The Morgan fingerprint density at radius 1 is 1.35 bits per heavy atom. The quantitative estimate of drug-likeness (QED) is 0.864. The first-order valence-corrected chi connectivity index (χ1v) is 6.08.